The molecule has 0 saturated carbocycles. The number of piperidine rings is 1. The van der Waals surface area contributed by atoms with Crippen LogP contribution in [0.5, 0.6) is 0 Å². The fraction of sp³-hybridized carbons (Fsp3) is 0.517. The number of nitrogens with one attached hydrogen (secondary N) is 1. The van der Waals surface area contributed by atoms with Gasteiger partial charge in [-0.05, 0) is 82.7 Å². The number of pyridine rings is 1. The van der Waals surface area contributed by atoms with E-state index >= 15 is 0 Å². The highest BCUT2D eigenvalue weighted by molar-refractivity contribution is 5.90. The van der Waals surface area contributed by atoms with E-state index < -0.39 is 6.04 Å². The van der Waals surface area contributed by atoms with Crippen molar-refractivity contribution in [1.29, 1.82) is 0 Å². The van der Waals surface area contributed by atoms with E-state index in [1.165, 1.54) is 5.56 Å². The Morgan fingerprint density at radius 3 is 2.62 bits per heavy atom. The van der Waals surface area contributed by atoms with Gasteiger partial charge in [-0.1, -0.05) is 36.4 Å². The standard InChI is InChI=1S/C29H40N4O4/c1-4-37-28(35)11-8-17-33-18-16-24(23-9-6-5-7-10-23)19-25(33)29(36)32-21(3)26(34)14-12-22-13-15-27(30)31-20(22)2/h5-7,9-10,13,15,21,24-25H,4,8,11-12,14,16-19H2,1-3H3,(H2,30,31)(H,32,36)/t21-,24-,25+/m0/s1. The number of anilines is 1. The van der Waals surface area contributed by atoms with Gasteiger partial charge < -0.3 is 15.8 Å². The van der Waals surface area contributed by atoms with Gasteiger partial charge in [0, 0.05) is 18.5 Å². The van der Waals surface area contributed by atoms with Crippen LogP contribution >= 0.6 is 0 Å². The van der Waals surface area contributed by atoms with E-state index in [4.69, 9.17) is 10.5 Å². The van der Waals surface area contributed by atoms with Crippen molar-refractivity contribution in [2.75, 3.05) is 25.4 Å². The van der Waals surface area contributed by atoms with Crippen LogP contribution in [0, 0.1) is 6.92 Å². The summed E-state index contributed by atoms with van der Waals surface area (Å²) in [5.74, 6) is 0.358. The number of rotatable bonds is 12. The number of hydrogen-bond donors (Lipinski definition) is 2. The second-order valence-electron chi connectivity index (χ2n) is 9.77. The third-order valence-corrected chi connectivity index (χ3v) is 7.12. The number of esters is 1. The van der Waals surface area contributed by atoms with Crippen LogP contribution < -0.4 is 11.1 Å². The molecule has 1 saturated heterocycles. The molecule has 3 rings (SSSR count). The molecule has 0 radical (unpaired) electrons. The van der Waals surface area contributed by atoms with Crippen molar-refractivity contribution in [2.24, 2.45) is 0 Å². The second kappa shape index (κ2) is 13.9. The van der Waals surface area contributed by atoms with Crippen molar-refractivity contribution in [3.05, 3.63) is 59.3 Å². The van der Waals surface area contributed by atoms with Gasteiger partial charge in [0.25, 0.3) is 0 Å². The zero-order valence-corrected chi connectivity index (χ0v) is 22.2. The monoisotopic (exact) mass is 508 g/mol. The summed E-state index contributed by atoms with van der Waals surface area (Å²) >= 11 is 0. The molecule has 0 bridgehead atoms. The Kier molecular flexibility index (Phi) is 10.6. The fourth-order valence-electron chi connectivity index (χ4n) is 4.98. The summed E-state index contributed by atoms with van der Waals surface area (Å²) < 4.78 is 5.04. The summed E-state index contributed by atoms with van der Waals surface area (Å²) in [4.78, 5) is 44.5. The zero-order chi connectivity index (χ0) is 26.8. The Hall–Kier alpha value is -3.26. The number of ether oxygens (including phenoxy) is 1. The van der Waals surface area contributed by atoms with Gasteiger partial charge in [0.2, 0.25) is 5.91 Å². The van der Waals surface area contributed by atoms with E-state index in [1.807, 2.05) is 31.2 Å². The van der Waals surface area contributed by atoms with E-state index in [1.54, 1.807) is 19.9 Å². The third kappa shape index (κ3) is 8.39. The molecule has 0 spiro atoms. The molecule has 0 aliphatic carbocycles. The van der Waals surface area contributed by atoms with Gasteiger partial charge >= 0.3 is 5.97 Å². The summed E-state index contributed by atoms with van der Waals surface area (Å²) in [6.07, 6.45) is 3.44. The van der Waals surface area contributed by atoms with E-state index in [9.17, 15) is 14.4 Å². The Morgan fingerprint density at radius 2 is 1.92 bits per heavy atom. The Labute approximate surface area is 220 Å². The van der Waals surface area contributed by atoms with Crippen LogP contribution in [-0.2, 0) is 25.5 Å². The number of Topliss-reactive ketones (excluding diaryl/α,β-unsaturated/α-hetero) is 1. The van der Waals surface area contributed by atoms with Crippen LogP contribution in [0.15, 0.2) is 42.5 Å². The molecular weight excluding hydrogens is 468 g/mol. The quantitative estimate of drug-likeness (QED) is 0.421. The van der Waals surface area contributed by atoms with Gasteiger partial charge in [-0.15, -0.1) is 0 Å². The lowest BCUT2D eigenvalue weighted by atomic mass is 9.84. The second-order valence-corrected chi connectivity index (χ2v) is 9.77. The predicted molar refractivity (Wildman–Crippen MR) is 144 cm³/mol. The van der Waals surface area contributed by atoms with Crippen molar-refractivity contribution < 1.29 is 19.1 Å². The fourth-order valence-corrected chi connectivity index (χ4v) is 4.98. The first-order chi connectivity index (χ1) is 17.8. The molecule has 1 aromatic carbocycles. The van der Waals surface area contributed by atoms with Gasteiger partial charge in [-0.25, -0.2) is 4.98 Å². The average Bonchev–Trinajstić information content (AvgIpc) is 2.88. The van der Waals surface area contributed by atoms with E-state index in [-0.39, 0.29) is 29.6 Å². The molecule has 37 heavy (non-hydrogen) atoms. The minimum Gasteiger partial charge on any atom is -0.466 e. The summed E-state index contributed by atoms with van der Waals surface area (Å²) in [6, 6.07) is 12.9. The molecule has 2 aromatic rings. The maximum Gasteiger partial charge on any atom is 0.305 e. The number of carbonyl (C=O) groups is 3. The molecule has 200 valence electrons. The normalized spacial score (nSPS) is 18.7. The van der Waals surface area contributed by atoms with Crippen molar-refractivity contribution >= 4 is 23.5 Å². The molecule has 1 fully saturated rings. The van der Waals surface area contributed by atoms with E-state index in [0.717, 1.165) is 24.2 Å². The number of benzene rings is 1. The molecule has 2 heterocycles. The van der Waals surface area contributed by atoms with Crippen LogP contribution in [0.1, 0.15) is 68.7 Å². The third-order valence-electron chi connectivity index (χ3n) is 7.12. The number of aromatic nitrogens is 1. The molecular formula is C29H40N4O4. The molecule has 3 atom stereocenters. The van der Waals surface area contributed by atoms with E-state index in [0.29, 0.717) is 51.1 Å². The molecule has 1 aromatic heterocycles. The SMILES string of the molecule is CCOC(=O)CCCN1CC[C@H](c2ccccc2)C[C@@H]1C(=O)N[C@@H](C)C(=O)CCc1ccc(N)nc1C. The van der Waals surface area contributed by atoms with Gasteiger partial charge in [-0.3, -0.25) is 19.3 Å². The lowest BCUT2D eigenvalue weighted by Gasteiger charge is -2.39. The van der Waals surface area contributed by atoms with Crippen molar-refractivity contribution in [3.63, 3.8) is 0 Å². The van der Waals surface area contributed by atoms with Crippen molar-refractivity contribution in [1.82, 2.24) is 15.2 Å². The minimum atomic E-state index is -0.590. The molecule has 3 N–H and O–H groups in total. The summed E-state index contributed by atoms with van der Waals surface area (Å²) in [5, 5.41) is 2.97. The maximum atomic E-state index is 13.4. The molecule has 8 nitrogen and oxygen atoms in total. The predicted octanol–water partition coefficient (Wildman–Crippen LogP) is 3.57. The zero-order valence-electron chi connectivity index (χ0n) is 22.2. The molecule has 1 amide bonds. The number of nitrogens with two attached hydrogens (primary N) is 1. The molecule has 1 aliphatic heterocycles. The van der Waals surface area contributed by atoms with Crippen molar-refractivity contribution in [2.45, 2.75) is 77.3 Å². The Bertz CT molecular complexity index is 1060. The first-order valence-corrected chi connectivity index (χ1v) is 13.3. The van der Waals surface area contributed by atoms with Crippen LogP contribution in [0.25, 0.3) is 0 Å². The number of nitrogen functional groups attached to an aromatic ring is 1. The Morgan fingerprint density at radius 1 is 1.16 bits per heavy atom. The van der Waals surface area contributed by atoms with Gasteiger partial charge in [0.05, 0.1) is 18.7 Å². The van der Waals surface area contributed by atoms with Crippen LogP contribution in [0.2, 0.25) is 0 Å². The highest BCUT2D eigenvalue weighted by atomic mass is 16.5. The first-order valence-electron chi connectivity index (χ1n) is 13.3. The van der Waals surface area contributed by atoms with Crippen LogP contribution in [0.3, 0.4) is 0 Å². The summed E-state index contributed by atoms with van der Waals surface area (Å²) in [6.45, 7) is 7.17. The minimum absolute atomic E-state index is 0.0196. The maximum absolute atomic E-state index is 13.4. The molecule has 8 heteroatoms. The highest BCUT2D eigenvalue weighted by Gasteiger charge is 2.34. The highest BCUT2D eigenvalue weighted by Crippen LogP contribution is 2.32. The molecule has 0 unspecified atom stereocenters. The lowest BCUT2D eigenvalue weighted by molar-refractivity contribution is -0.143. The number of carbonyl (C=O) groups excluding carboxylic acids is 3. The Balaban J connectivity index is 1.61. The van der Waals surface area contributed by atoms with Gasteiger partial charge in [-0.2, -0.15) is 0 Å². The lowest BCUT2D eigenvalue weighted by Crippen LogP contribution is -2.54. The number of nitrogens with zero attached hydrogens (tertiary/aromatic N) is 2. The van der Waals surface area contributed by atoms with Crippen LogP contribution in [0.4, 0.5) is 5.82 Å². The van der Waals surface area contributed by atoms with Gasteiger partial charge in [0.1, 0.15) is 5.82 Å². The number of likely N-dealkylation sites (tertiary alicyclic amines) is 1. The average molecular weight is 509 g/mol. The van der Waals surface area contributed by atoms with Gasteiger partial charge in [0.15, 0.2) is 5.78 Å². The number of aryl methyl sites for hydroxylation is 2. The largest absolute Gasteiger partial charge is 0.466 e. The smallest absolute Gasteiger partial charge is 0.305 e. The van der Waals surface area contributed by atoms with E-state index in [2.05, 4.69) is 27.3 Å². The summed E-state index contributed by atoms with van der Waals surface area (Å²) in [7, 11) is 0. The number of amides is 1. The van der Waals surface area contributed by atoms with Crippen LogP contribution in [-0.4, -0.2) is 59.3 Å². The number of ketones is 1. The molecule has 1 aliphatic rings. The summed E-state index contributed by atoms with van der Waals surface area (Å²) in [5.41, 5.74) is 8.74. The topological polar surface area (TPSA) is 115 Å². The van der Waals surface area contributed by atoms with Crippen molar-refractivity contribution in [3.8, 4) is 0 Å². The number of hydrogen-bond acceptors (Lipinski definition) is 7. The first kappa shape index (κ1) is 28.3.